The first-order valence-corrected chi connectivity index (χ1v) is 8.09. The molecule has 0 unspecified atom stereocenters. The number of anilines is 3. The third-order valence-corrected chi connectivity index (χ3v) is 4.18. The van der Waals surface area contributed by atoms with Crippen LogP contribution >= 0.6 is 0 Å². The van der Waals surface area contributed by atoms with Gasteiger partial charge in [-0.05, 0) is 30.2 Å². The molecule has 116 valence electrons. The van der Waals surface area contributed by atoms with Crippen molar-refractivity contribution in [1.29, 1.82) is 0 Å². The molecule has 1 aromatic heterocycles. The lowest BCUT2D eigenvalue weighted by Gasteiger charge is -2.19. The van der Waals surface area contributed by atoms with Gasteiger partial charge in [-0.15, -0.1) is 0 Å². The Morgan fingerprint density at radius 1 is 0.739 bits per heavy atom. The second kappa shape index (κ2) is 6.16. The average Bonchev–Trinajstić information content (AvgIpc) is 3.09. The number of hydrogen-bond acceptors (Lipinski definition) is 4. The SMILES string of the molecule is c1ccc2c(c1)CCN2.c1ccc2nc3c(cc2c1)NCCN3. The maximum atomic E-state index is 4.54. The number of nitrogens with one attached hydrogen (secondary N) is 3. The quantitative estimate of drug-likeness (QED) is 0.592. The third-order valence-electron chi connectivity index (χ3n) is 4.18. The van der Waals surface area contributed by atoms with Gasteiger partial charge in [0, 0.05) is 30.7 Å². The second-order valence-electron chi connectivity index (χ2n) is 5.76. The Morgan fingerprint density at radius 3 is 2.48 bits per heavy atom. The summed E-state index contributed by atoms with van der Waals surface area (Å²) in [6, 6.07) is 18.8. The topological polar surface area (TPSA) is 49.0 Å². The molecule has 2 aromatic carbocycles. The molecular weight excluding hydrogens is 284 g/mol. The number of para-hydroxylation sites is 2. The molecule has 4 nitrogen and oxygen atoms in total. The van der Waals surface area contributed by atoms with E-state index in [9.17, 15) is 0 Å². The van der Waals surface area contributed by atoms with Crippen LogP contribution in [0.15, 0.2) is 54.6 Å². The fourth-order valence-corrected chi connectivity index (χ4v) is 3.01. The lowest BCUT2D eigenvalue weighted by Crippen LogP contribution is -2.21. The lowest BCUT2D eigenvalue weighted by atomic mass is 10.2. The number of aromatic nitrogens is 1. The number of benzene rings is 2. The minimum absolute atomic E-state index is 0.943. The van der Waals surface area contributed by atoms with E-state index in [0.29, 0.717) is 0 Å². The highest BCUT2D eigenvalue weighted by atomic mass is 15.1. The van der Waals surface area contributed by atoms with Crippen molar-refractivity contribution in [3.63, 3.8) is 0 Å². The molecule has 0 radical (unpaired) electrons. The Morgan fingerprint density at radius 2 is 1.52 bits per heavy atom. The highest BCUT2D eigenvalue weighted by Gasteiger charge is 2.09. The molecule has 2 aliphatic rings. The monoisotopic (exact) mass is 304 g/mol. The van der Waals surface area contributed by atoms with E-state index in [-0.39, 0.29) is 0 Å². The van der Waals surface area contributed by atoms with E-state index in [1.807, 2.05) is 18.2 Å². The van der Waals surface area contributed by atoms with Crippen molar-refractivity contribution in [2.75, 3.05) is 35.6 Å². The Bertz CT molecular complexity index is 761. The van der Waals surface area contributed by atoms with Crippen molar-refractivity contribution in [3.05, 3.63) is 60.2 Å². The van der Waals surface area contributed by atoms with Gasteiger partial charge in [0.25, 0.3) is 0 Å². The van der Waals surface area contributed by atoms with E-state index >= 15 is 0 Å². The van der Waals surface area contributed by atoms with E-state index in [0.717, 1.165) is 36.7 Å². The molecule has 0 saturated carbocycles. The van der Waals surface area contributed by atoms with Crippen molar-refractivity contribution in [1.82, 2.24) is 4.98 Å². The summed E-state index contributed by atoms with van der Waals surface area (Å²) in [5, 5.41) is 11.1. The normalized spacial score (nSPS) is 14.4. The first kappa shape index (κ1) is 13.9. The molecule has 0 bridgehead atoms. The molecule has 0 amide bonds. The number of rotatable bonds is 0. The van der Waals surface area contributed by atoms with Crippen molar-refractivity contribution < 1.29 is 0 Å². The predicted molar refractivity (Wildman–Crippen MR) is 97.4 cm³/mol. The lowest BCUT2D eigenvalue weighted by molar-refractivity contribution is 1.03. The average molecular weight is 304 g/mol. The number of hydrogen-bond donors (Lipinski definition) is 3. The van der Waals surface area contributed by atoms with Gasteiger partial charge in [0.2, 0.25) is 0 Å². The number of pyridine rings is 1. The summed E-state index contributed by atoms with van der Waals surface area (Å²) in [5.41, 5.74) is 4.92. The molecule has 0 saturated heterocycles. The van der Waals surface area contributed by atoms with Crippen molar-refractivity contribution in [3.8, 4) is 0 Å². The van der Waals surface area contributed by atoms with E-state index < -0.39 is 0 Å². The molecule has 2 aliphatic heterocycles. The van der Waals surface area contributed by atoms with Crippen molar-refractivity contribution in [2.24, 2.45) is 0 Å². The highest BCUT2D eigenvalue weighted by molar-refractivity contribution is 5.87. The van der Waals surface area contributed by atoms with E-state index in [1.54, 1.807) is 0 Å². The van der Waals surface area contributed by atoms with Crippen LogP contribution in [0.3, 0.4) is 0 Å². The van der Waals surface area contributed by atoms with Crippen LogP contribution in [0, 0.1) is 0 Å². The second-order valence-corrected chi connectivity index (χ2v) is 5.76. The number of nitrogens with zero attached hydrogens (tertiary/aromatic N) is 1. The zero-order valence-corrected chi connectivity index (χ0v) is 13.0. The van der Waals surface area contributed by atoms with Gasteiger partial charge in [-0.1, -0.05) is 36.4 Å². The highest BCUT2D eigenvalue weighted by Crippen LogP contribution is 2.26. The van der Waals surface area contributed by atoms with Gasteiger partial charge in [0.15, 0.2) is 0 Å². The summed E-state index contributed by atoms with van der Waals surface area (Å²) in [5.74, 6) is 0.968. The van der Waals surface area contributed by atoms with Gasteiger partial charge >= 0.3 is 0 Å². The Balaban J connectivity index is 0.000000130. The molecular formula is C19H20N4. The summed E-state index contributed by atoms with van der Waals surface area (Å²) in [7, 11) is 0. The largest absolute Gasteiger partial charge is 0.384 e. The molecule has 0 atom stereocenters. The summed E-state index contributed by atoms with van der Waals surface area (Å²) in [4.78, 5) is 4.54. The Hall–Kier alpha value is -2.75. The van der Waals surface area contributed by atoms with Crippen LogP contribution < -0.4 is 16.0 Å². The van der Waals surface area contributed by atoms with Crippen LogP contribution in [0.25, 0.3) is 10.9 Å². The maximum Gasteiger partial charge on any atom is 0.150 e. The smallest absolute Gasteiger partial charge is 0.150 e. The summed E-state index contributed by atoms with van der Waals surface area (Å²) < 4.78 is 0. The standard InChI is InChI=1S/C11H11N3.C8H9N/c1-2-4-9-8(3-1)7-10-11(14-9)13-6-5-12-10;1-2-4-8-7(3-1)5-6-9-8/h1-4,7,12H,5-6H2,(H,13,14);1-4,9H,5-6H2. The first-order chi connectivity index (χ1) is 11.4. The van der Waals surface area contributed by atoms with E-state index in [1.165, 1.54) is 23.1 Å². The summed E-state index contributed by atoms with van der Waals surface area (Å²) in [6.45, 7) is 3.02. The zero-order chi connectivity index (χ0) is 15.5. The van der Waals surface area contributed by atoms with Gasteiger partial charge < -0.3 is 16.0 Å². The fourth-order valence-electron chi connectivity index (χ4n) is 3.01. The van der Waals surface area contributed by atoms with Crippen LogP contribution in [0.5, 0.6) is 0 Å². The Labute approximate surface area is 135 Å². The fraction of sp³-hybridized carbons (Fsp3) is 0.211. The minimum Gasteiger partial charge on any atom is -0.384 e. The van der Waals surface area contributed by atoms with E-state index in [2.05, 4.69) is 57.3 Å². The van der Waals surface area contributed by atoms with Crippen LogP contribution in [0.1, 0.15) is 5.56 Å². The van der Waals surface area contributed by atoms with Crippen LogP contribution in [0.2, 0.25) is 0 Å². The van der Waals surface area contributed by atoms with Crippen molar-refractivity contribution >= 4 is 28.1 Å². The maximum absolute atomic E-state index is 4.54. The zero-order valence-electron chi connectivity index (χ0n) is 13.0. The molecule has 23 heavy (non-hydrogen) atoms. The molecule has 0 aliphatic carbocycles. The summed E-state index contributed by atoms with van der Waals surface area (Å²) in [6.07, 6.45) is 1.19. The van der Waals surface area contributed by atoms with E-state index in [4.69, 9.17) is 0 Å². The summed E-state index contributed by atoms with van der Waals surface area (Å²) >= 11 is 0. The van der Waals surface area contributed by atoms with Gasteiger partial charge in [-0.3, -0.25) is 0 Å². The molecule has 0 spiro atoms. The molecule has 4 heteroatoms. The number of fused-ring (bicyclic) bond motifs is 3. The van der Waals surface area contributed by atoms with Crippen LogP contribution in [-0.2, 0) is 6.42 Å². The van der Waals surface area contributed by atoms with Crippen LogP contribution in [0.4, 0.5) is 17.2 Å². The molecule has 3 N–H and O–H groups in total. The predicted octanol–water partition coefficient (Wildman–Crippen LogP) is 3.73. The van der Waals surface area contributed by atoms with Gasteiger partial charge in [-0.25, -0.2) is 4.98 Å². The minimum atomic E-state index is 0.943. The molecule has 5 rings (SSSR count). The molecule has 3 aromatic rings. The molecule has 0 fully saturated rings. The van der Waals surface area contributed by atoms with Gasteiger partial charge in [0.05, 0.1) is 11.2 Å². The van der Waals surface area contributed by atoms with Crippen LogP contribution in [-0.4, -0.2) is 24.6 Å². The first-order valence-electron chi connectivity index (χ1n) is 8.09. The third kappa shape index (κ3) is 2.93. The van der Waals surface area contributed by atoms with Crippen molar-refractivity contribution in [2.45, 2.75) is 6.42 Å². The van der Waals surface area contributed by atoms with Gasteiger partial charge in [-0.2, -0.15) is 0 Å². The Kier molecular flexibility index (Phi) is 3.72. The molecule has 3 heterocycles. The van der Waals surface area contributed by atoms with Gasteiger partial charge in [0.1, 0.15) is 5.82 Å².